The minimum atomic E-state index is -0.933. The first-order valence-electron chi connectivity index (χ1n) is 7.29. The van der Waals surface area contributed by atoms with Gasteiger partial charge >= 0.3 is 0 Å². The van der Waals surface area contributed by atoms with E-state index in [0.717, 1.165) is 4.47 Å². The molecule has 0 bridgehead atoms. The number of halogens is 1. The summed E-state index contributed by atoms with van der Waals surface area (Å²) in [6, 6.07) is 14.3. The minimum absolute atomic E-state index is 0.489. The van der Waals surface area contributed by atoms with Crippen molar-refractivity contribution in [1.82, 2.24) is 5.43 Å². The smallest absolute Gasteiger partial charge is 0.261 e. The van der Waals surface area contributed by atoms with Crippen LogP contribution in [0.15, 0.2) is 52.0 Å². The predicted molar refractivity (Wildman–Crippen MR) is 97.8 cm³/mol. The number of hydrogen-bond acceptors (Lipinski definition) is 5. The molecular weight excluding hydrogens is 386 g/mol. The fourth-order valence-electron chi connectivity index (χ4n) is 2.21. The first-order valence-corrected chi connectivity index (χ1v) is 8.09. The lowest BCUT2D eigenvalue weighted by atomic mass is 10.0. The van der Waals surface area contributed by atoms with Crippen LogP contribution in [0.4, 0.5) is 0 Å². The topological polar surface area (TPSA) is 83.7 Å². The first-order chi connectivity index (χ1) is 12.1. The van der Waals surface area contributed by atoms with E-state index in [1.54, 1.807) is 36.4 Å². The van der Waals surface area contributed by atoms with Gasteiger partial charge in [0.15, 0.2) is 17.4 Å². The molecule has 7 heteroatoms. The lowest BCUT2D eigenvalue weighted by Crippen LogP contribution is -2.24. The van der Waals surface area contributed by atoms with E-state index in [2.05, 4.69) is 26.5 Å². The summed E-state index contributed by atoms with van der Waals surface area (Å²) in [4.78, 5) is 12.2. The number of hydrogen-bond donors (Lipinski definition) is 1. The van der Waals surface area contributed by atoms with Gasteiger partial charge in [0.05, 0.1) is 26.5 Å². The number of hydrazone groups is 1. The third-order valence-electron chi connectivity index (χ3n) is 3.37. The fraction of sp³-hybridized carbons (Fsp3) is 0.167. The molecule has 0 saturated carbocycles. The van der Waals surface area contributed by atoms with E-state index in [0.29, 0.717) is 22.6 Å². The van der Waals surface area contributed by atoms with Gasteiger partial charge in [0.1, 0.15) is 0 Å². The maximum atomic E-state index is 12.2. The molecule has 25 heavy (non-hydrogen) atoms. The van der Waals surface area contributed by atoms with Gasteiger partial charge in [-0.2, -0.15) is 10.4 Å². The number of nitrogens with one attached hydrogen (secondary N) is 1. The number of benzene rings is 2. The Balaban J connectivity index is 2.17. The van der Waals surface area contributed by atoms with Crippen molar-refractivity contribution in [3.05, 3.63) is 58.1 Å². The van der Waals surface area contributed by atoms with Crippen LogP contribution in [0.3, 0.4) is 0 Å². The minimum Gasteiger partial charge on any atom is -0.493 e. The van der Waals surface area contributed by atoms with Gasteiger partial charge in [-0.25, -0.2) is 5.43 Å². The quantitative estimate of drug-likeness (QED) is 0.594. The molecule has 2 aromatic carbocycles. The van der Waals surface area contributed by atoms with Crippen molar-refractivity contribution in [3.8, 4) is 17.6 Å². The van der Waals surface area contributed by atoms with E-state index in [1.165, 1.54) is 20.4 Å². The molecule has 0 spiro atoms. The zero-order valence-corrected chi connectivity index (χ0v) is 15.3. The maximum Gasteiger partial charge on any atom is 0.261 e. The van der Waals surface area contributed by atoms with Gasteiger partial charge < -0.3 is 9.47 Å². The largest absolute Gasteiger partial charge is 0.493 e. The number of ether oxygens (including phenoxy) is 2. The van der Waals surface area contributed by atoms with Gasteiger partial charge in [0, 0.05) is 10.0 Å². The summed E-state index contributed by atoms with van der Waals surface area (Å²) in [7, 11) is 3.05. The predicted octanol–water partition coefficient (Wildman–Crippen LogP) is 3.22. The van der Waals surface area contributed by atoms with Crippen LogP contribution >= 0.6 is 15.9 Å². The summed E-state index contributed by atoms with van der Waals surface area (Å²) in [5, 5.41) is 13.2. The van der Waals surface area contributed by atoms with E-state index >= 15 is 0 Å². The van der Waals surface area contributed by atoms with E-state index in [1.807, 2.05) is 12.1 Å². The lowest BCUT2D eigenvalue weighted by molar-refractivity contribution is -0.121. The molecule has 0 radical (unpaired) electrons. The molecular formula is C18H16BrN3O3. The van der Waals surface area contributed by atoms with Crippen LogP contribution in [0.25, 0.3) is 0 Å². The molecule has 1 amide bonds. The SMILES string of the molecule is COc1cc(Br)cc(/C=N\NC(=O)[C@H](C#N)c2ccccc2)c1OC. The third kappa shape index (κ3) is 4.58. The van der Waals surface area contributed by atoms with Crippen molar-refractivity contribution in [2.45, 2.75) is 5.92 Å². The molecule has 1 N–H and O–H groups in total. The summed E-state index contributed by atoms with van der Waals surface area (Å²) >= 11 is 3.38. The number of carbonyl (C=O) groups is 1. The Morgan fingerprint density at radius 3 is 2.60 bits per heavy atom. The number of rotatable bonds is 6. The molecule has 0 aliphatic rings. The number of amides is 1. The highest BCUT2D eigenvalue weighted by Crippen LogP contribution is 2.33. The number of nitriles is 1. The molecule has 128 valence electrons. The molecule has 0 saturated heterocycles. The highest BCUT2D eigenvalue weighted by atomic mass is 79.9. The van der Waals surface area contributed by atoms with Crippen molar-refractivity contribution >= 4 is 28.1 Å². The van der Waals surface area contributed by atoms with Crippen LogP contribution in [0.1, 0.15) is 17.0 Å². The average Bonchev–Trinajstić information content (AvgIpc) is 2.62. The average molecular weight is 402 g/mol. The Morgan fingerprint density at radius 1 is 1.28 bits per heavy atom. The lowest BCUT2D eigenvalue weighted by Gasteiger charge is -2.11. The van der Waals surface area contributed by atoms with E-state index in [-0.39, 0.29) is 0 Å². The van der Waals surface area contributed by atoms with Crippen LogP contribution in [-0.4, -0.2) is 26.3 Å². The Hall–Kier alpha value is -2.85. The fourth-order valence-corrected chi connectivity index (χ4v) is 2.67. The van der Waals surface area contributed by atoms with Gasteiger partial charge in [-0.1, -0.05) is 46.3 Å². The molecule has 0 fully saturated rings. The summed E-state index contributed by atoms with van der Waals surface area (Å²) < 4.78 is 11.3. The zero-order valence-electron chi connectivity index (χ0n) is 13.7. The normalized spacial score (nSPS) is 11.6. The van der Waals surface area contributed by atoms with Crippen molar-refractivity contribution in [1.29, 1.82) is 5.26 Å². The standard InChI is InChI=1S/C18H16BrN3O3/c1-24-16-9-14(19)8-13(17(16)25-2)11-21-22-18(23)15(10-20)12-6-4-3-5-7-12/h3-9,11,15H,1-2H3,(H,22,23)/b21-11-/t15-/m1/s1. The molecule has 0 heterocycles. The van der Waals surface area contributed by atoms with E-state index in [9.17, 15) is 10.1 Å². The Morgan fingerprint density at radius 2 is 2.00 bits per heavy atom. The Bertz CT molecular complexity index is 816. The molecule has 1 atom stereocenters. The highest BCUT2D eigenvalue weighted by Gasteiger charge is 2.19. The summed E-state index contributed by atoms with van der Waals surface area (Å²) in [5.74, 6) is -0.421. The summed E-state index contributed by atoms with van der Waals surface area (Å²) in [6.07, 6.45) is 1.43. The number of nitrogens with zero attached hydrogens (tertiary/aromatic N) is 2. The summed E-state index contributed by atoms with van der Waals surface area (Å²) in [6.45, 7) is 0. The molecule has 0 aromatic heterocycles. The van der Waals surface area contributed by atoms with Gasteiger partial charge in [-0.15, -0.1) is 0 Å². The second kappa shape index (κ2) is 8.85. The molecule has 2 rings (SSSR count). The second-order valence-electron chi connectivity index (χ2n) is 4.94. The van der Waals surface area contributed by atoms with Crippen molar-refractivity contribution in [3.63, 3.8) is 0 Å². The van der Waals surface area contributed by atoms with Crippen molar-refractivity contribution < 1.29 is 14.3 Å². The van der Waals surface area contributed by atoms with Gasteiger partial charge in [-0.05, 0) is 17.7 Å². The maximum absolute atomic E-state index is 12.2. The molecule has 0 aliphatic carbocycles. The Labute approximate surface area is 154 Å². The van der Waals surface area contributed by atoms with Gasteiger partial charge in [-0.3, -0.25) is 4.79 Å². The van der Waals surface area contributed by atoms with E-state index in [4.69, 9.17) is 9.47 Å². The van der Waals surface area contributed by atoms with E-state index < -0.39 is 11.8 Å². The van der Waals surface area contributed by atoms with Crippen molar-refractivity contribution in [2.75, 3.05) is 14.2 Å². The molecule has 0 unspecified atom stereocenters. The molecule has 6 nitrogen and oxygen atoms in total. The van der Waals surface area contributed by atoms with Crippen LogP contribution in [0.5, 0.6) is 11.5 Å². The molecule has 2 aromatic rings. The number of methoxy groups -OCH3 is 2. The van der Waals surface area contributed by atoms with Crippen molar-refractivity contribution in [2.24, 2.45) is 5.10 Å². The Kier molecular flexibility index (Phi) is 6.54. The van der Waals surface area contributed by atoms with Crippen LogP contribution in [-0.2, 0) is 4.79 Å². The van der Waals surface area contributed by atoms with Crippen LogP contribution < -0.4 is 14.9 Å². The summed E-state index contributed by atoms with van der Waals surface area (Å²) in [5.41, 5.74) is 3.61. The first kappa shape index (κ1) is 18.5. The third-order valence-corrected chi connectivity index (χ3v) is 3.83. The molecule has 0 aliphatic heterocycles. The van der Waals surface area contributed by atoms with Crippen LogP contribution in [0.2, 0.25) is 0 Å². The number of carbonyl (C=O) groups excluding carboxylic acids is 1. The highest BCUT2D eigenvalue weighted by molar-refractivity contribution is 9.10. The van der Waals surface area contributed by atoms with Gasteiger partial charge in [0.25, 0.3) is 5.91 Å². The van der Waals surface area contributed by atoms with Crippen LogP contribution in [0, 0.1) is 11.3 Å². The van der Waals surface area contributed by atoms with Gasteiger partial charge in [0.2, 0.25) is 0 Å². The second-order valence-corrected chi connectivity index (χ2v) is 5.85. The zero-order chi connectivity index (χ0) is 18.2. The monoisotopic (exact) mass is 401 g/mol.